The maximum Gasteiger partial charge on any atom is 0.239 e. The van der Waals surface area contributed by atoms with Crippen LogP contribution in [0.2, 0.25) is 0 Å². The number of hydrogen-bond donors (Lipinski definition) is 1. The van der Waals surface area contributed by atoms with Crippen LogP contribution in [-0.2, 0) is 10.2 Å². The zero-order valence-corrected chi connectivity index (χ0v) is 12.4. The molecule has 0 saturated carbocycles. The summed E-state index contributed by atoms with van der Waals surface area (Å²) < 4.78 is 0. The summed E-state index contributed by atoms with van der Waals surface area (Å²) in [5.41, 5.74) is 0.166. The number of amides is 1. The summed E-state index contributed by atoms with van der Waals surface area (Å²) in [6, 6.07) is 4.10. The molecule has 1 rings (SSSR count). The Balaban J connectivity index is 2.73. The van der Waals surface area contributed by atoms with Gasteiger partial charge in [-0.25, -0.2) is 0 Å². The number of nitrogens with one attached hydrogen (secondary N) is 1. The molecule has 18 heavy (non-hydrogen) atoms. The predicted octanol–water partition coefficient (Wildman–Crippen LogP) is 3.00. The molecular formula is C14H20N2OS. The first-order valence-corrected chi connectivity index (χ1v) is 6.83. The van der Waals surface area contributed by atoms with E-state index in [1.54, 1.807) is 25.2 Å². The molecule has 0 spiro atoms. The van der Waals surface area contributed by atoms with E-state index >= 15 is 0 Å². The van der Waals surface area contributed by atoms with Crippen LogP contribution in [0.4, 0.5) is 0 Å². The monoisotopic (exact) mass is 264 g/mol. The van der Waals surface area contributed by atoms with Crippen LogP contribution in [-0.4, -0.2) is 12.5 Å². The minimum atomic E-state index is -0.972. The lowest BCUT2D eigenvalue weighted by atomic mass is 9.88. The summed E-state index contributed by atoms with van der Waals surface area (Å²) in [6.07, 6.45) is 0. The maximum atomic E-state index is 11.9. The van der Waals surface area contributed by atoms with Crippen LogP contribution < -0.4 is 5.32 Å². The smallest absolute Gasteiger partial charge is 0.239 e. The molecule has 0 radical (unpaired) electrons. The largest absolute Gasteiger partial charge is 0.354 e. The molecule has 3 nitrogen and oxygen atoms in total. The van der Waals surface area contributed by atoms with Gasteiger partial charge in [-0.1, -0.05) is 13.8 Å². The zero-order valence-electron chi connectivity index (χ0n) is 11.6. The molecule has 0 bridgehead atoms. The molecule has 98 valence electrons. The second-order valence-corrected chi connectivity index (χ2v) is 6.65. The van der Waals surface area contributed by atoms with Crippen molar-refractivity contribution in [2.45, 2.75) is 40.0 Å². The third-order valence-electron chi connectivity index (χ3n) is 3.01. The fourth-order valence-corrected chi connectivity index (χ4v) is 2.77. The van der Waals surface area contributed by atoms with Gasteiger partial charge in [-0.2, -0.15) is 5.26 Å². The van der Waals surface area contributed by atoms with Crippen molar-refractivity contribution < 1.29 is 4.79 Å². The number of thiophene rings is 1. The van der Waals surface area contributed by atoms with Crippen LogP contribution in [0, 0.1) is 23.7 Å². The van der Waals surface area contributed by atoms with E-state index in [0.29, 0.717) is 6.54 Å². The van der Waals surface area contributed by atoms with E-state index in [2.05, 4.69) is 37.5 Å². The maximum absolute atomic E-state index is 11.9. The molecule has 0 aliphatic heterocycles. The van der Waals surface area contributed by atoms with Crippen molar-refractivity contribution in [1.82, 2.24) is 5.32 Å². The van der Waals surface area contributed by atoms with Crippen LogP contribution >= 0.6 is 11.3 Å². The van der Waals surface area contributed by atoms with Crippen molar-refractivity contribution in [2.75, 3.05) is 6.54 Å². The Kier molecular flexibility index (Phi) is 4.18. The van der Waals surface area contributed by atoms with E-state index in [1.165, 1.54) is 10.4 Å². The van der Waals surface area contributed by atoms with Gasteiger partial charge in [0.25, 0.3) is 0 Å². The molecule has 4 heteroatoms. The molecule has 0 fully saturated rings. The number of rotatable bonds is 4. The quantitative estimate of drug-likeness (QED) is 0.909. The van der Waals surface area contributed by atoms with Crippen LogP contribution in [0.3, 0.4) is 0 Å². The summed E-state index contributed by atoms with van der Waals surface area (Å²) in [4.78, 5) is 13.1. The van der Waals surface area contributed by atoms with Crippen molar-refractivity contribution >= 4 is 17.2 Å². The van der Waals surface area contributed by atoms with Crippen molar-refractivity contribution in [3.63, 3.8) is 0 Å². The minimum absolute atomic E-state index is 0.112. The number of aryl methyl sites for hydroxylation is 1. The second kappa shape index (κ2) is 5.11. The summed E-state index contributed by atoms with van der Waals surface area (Å²) in [5.74, 6) is -0.215. The Morgan fingerprint density at radius 3 is 2.50 bits per heavy atom. The van der Waals surface area contributed by atoms with Crippen LogP contribution in [0.15, 0.2) is 11.4 Å². The van der Waals surface area contributed by atoms with Crippen molar-refractivity contribution in [3.8, 4) is 6.07 Å². The van der Waals surface area contributed by atoms with E-state index in [0.717, 1.165) is 0 Å². The van der Waals surface area contributed by atoms with Gasteiger partial charge in [0, 0.05) is 16.8 Å². The summed E-state index contributed by atoms with van der Waals surface area (Å²) >= 11 is 1.71. The highest BCUT2D eigenvalue weighted by Crippen LogP contribution is 2.30. The van der Waals surface area contributed by atoms with Gasteiger partial charge < -0.3 is 5.32 Å². The summed E-state index contributed by atoms with van der Waals surface area (Å²) in [6.45, 7) is 10.1. The summed E-state index contributed by atoms with van der Waals surface area (Å²) in [5, 5.41) is 13.9. The van der Waals surface area contributed by atoms with Crippen LogP contribution in [0.1, 0.15) is 38.1 Å². The van der Waals surface area contributed by atoms with Gasteiger partial charge in [0.2, 0.25) is 5.91 Å². The third kappa shape index (κ3) is 3.11. The van der Waals surface area contributed by atoms with Crippen LogP contribution in [0.5, 0.6) is 0 Å². The Bertz CT molecular complexity index is 480. The second-order valence-electron chi connectivity index (χ2n) is 5.74. The van der Waals surface area contributed by atoms with E-state index < -0.39 is 5.41 Å². The Hall–Kier alpha value is -1.34. The number of carbonyl (C=O) groups is 1. The van der Waals surface area contributed by atoms with E-state index in [4.69, 9.17) is 5.26 Å². The zero-order chi connectivity index (χ0) is 14.0. The Morgan fingerprint density at radius 1 is 1.44 bits per heavy atom. The number of carbonyl (C=O) groups excluding carboxylic acids is 1. The molecule has 1 aromatic rings. The highest BCUT2D eigenvalue weighted by atomic mass is 32.1. The predicted molar refractivity (Wildman–Crippen MR) is 74.5 cm³/mol. The molecule has 1 N–H and O–H groups in total. The van der Waals surface area contributed by atoms with Gasteiger partial charge in [-0.15, -0.1) is 11.3 Å². The third-order valence-corrected chi connectivity index (χ3v) is 4.40. The van der Waals surface area contributed by atoms with E-state index in [9.17, 15) is 4.79 Å². The van der Waals surface area contributed by atoms with Gasteiger partial charge in [-0.05, 0) is 37.8 Å². The minimum Gasteiger partial charge on any atom is -0.354 e. The molecule has 0 atom stereocenters. The Morgan fingerprint density at radius 2 is 2.06 bits per heavy atom. The number of nitrogens with zero attached hydrogens (tertiary/aromatic N) is 1. The first kappa shape index (κ1) is 14.7. The molecule has 1 amide bonds. The lowest BCUT2D eigenvalue weighted by Crippen LogP contribution is -2.42. The van der Waals surface area contributed by atoms with Gasteiger partial charge in [0.1, 0.15) is 5.41 Å². The highest BCUT2D eigenvalue weighted by Gasteiger charge is 2.30. The van der Waals surface area contributed by atoms with Crippen LogP contribution in [0.25, 0.3) is 0 Å². The average molecular weight is 264 g/mol. The highest BCUT2D eigenvalue weighted by molar-refractivity contribution is 7.10. The number of nitriles is 1. The fraction of sp³-hybridized carbons (Fsp3) is 0.571. The lowest BCUT2D eigenvalue weighted by Gasteiger charge is -2.26. The van der Waals surface area contributed by atoms with Gasteiger partial charge >= 0.3 is 0 Å². The van der Waals surface area contributed by atoms with Gasteiger partial charge in [0.05, 0.1) is 6.07 Å². The first-order chi connectivity index (χ1) is 8.20. The topological polar surface area (TPSA) is 52.9 Å². The van der Waals surface area contributed by atoms with Crippen molar-refractivity contribution in [2.24, 2.45) is 5.41 Å². The molecule has 0 aliphatic rings. The molecule has 1 aromatic heterocycles. The Labute approximate surface area is 113 Å². The molecule has 0 aromatic carbocycles. The van der Waals surface area contributed by atoms with Gasteiger partial charge in [-0.3, -0.25) is 4.79 Å². The normalized spacial score (nSPS) is 12.0. The van der Waals surface area contributed by atoms with Crippen molar-refractivity contribution in [3.05, 3.63) is 21.9 Å². The molecule has 1 heterocycles. The van der Waals surface area contributed by atoms with Crippen molar-refractivity contribution in [1.29, 1.82) is 5.26 Å². The average Bonchev–Trinajstić information content (AvgIpc) is 2.73. The molecule has 0 saturated heterocycles. The first-order valence-electron chi connectivity index (χ1n) is 5.95. The standard InChI is InChI=1S/C14H20N2OS/c1-10-6-7-18-11(10)14(4,5)9-16-12(17)13(2,3)8-15/h6-7H,9H2,1-5H3,(H,16,17). The summed E-state index contributed by atoms with van der Waals surface area (Å²) in [7, 11) is 0. The molecule has 0 unspecified atom stereocenters. The molecule has 0 aliphatic carbocycles. The van der Waals surface area contributed by atoms with Gasteiger partial charge in [0.15, 0.2) is 0 Å². The SMILES string of the molecule is Cc1ccsc1C(C)(C)CNC(=O)C(C)(C)C#N. The fourth-order valence-electron chi connectivity index (χ4n) is 1.72. The van der Waals surface area contributed by atoms with E-state index in [1.807, 2.05) is 6.07 Å². The number of hydrogen-bond acceptors (Lipinski definition) is 3. The molecular weight excluding hydrogens is 244 g/mol. The van der Waals surface area contributed by atoms with E-state index in [-0.39, 0.29) is 11.3 Å². The lowest BCUT2D eigenvalue weighted by molar-refractivity contribution is -0.127.